The summed E-state index contributed by atoms with van der Waals surface area (Å²) in [7, 11) is 5.09. The van der Waals surface area contributed by atoms with E-state index in [9.17, 15) is 9.59 Å². The third kappa shape index (κ3) is 10.6. The van der Waals surface area contributed by atoms with E-state index in [-0.39, 0.29) is 0 Å². The Morgan fingerprint density at radius 3 is 1.82 bits per heavy atom. The molecule has 1 amide bonds. The number of fused-ring (bicyclic) bond motifs is 1. The van der Waals surface area contributed by atoms with Crippen LogP contribution >= 0.6 is 0 Å². The molecular weight excluding hydrogens is 554 g/mol. The summed E-state index contributed by atoms with van der Waals surface area (Å²) in [6.45, 7) is 14.4. The topological polar surface area (TPSA) is 98.8 Å². The molecule has 1 aromatic heterocycles. The number of aldehydes is 1. The van der Waals surface area contributed by atoms with Crippen LogP contribution in [0.2, 0.25) is 0 Å². The molecule has 1 aliphatic rings. The van der Waals surface area contributed by atoms with Crippen molar-refractivity contribution in [3.8, 4) is 23.0 Å². The largest absolute Gasteiger partial charge is 0.493 e. The molecule has 3 aromatic carbocycles. The Hall–Kier alpha value is -4.59. The van der Waals surface area contributed by atoms with Gasteiger partial charge in [-0.1, -0.05) is 66.7 Å². The third-order valence-electron chi connectivity index (χ3n) is 7.19. The van der Waals surface area contributed by atoms with E-state index in [4.69, 9.17) is 14.2 Å². The Morgan fingerprint density at radius 1 is 0.795 bits per heavy atom. The quantitative estimate of drug-likeness (QED) is 0.194. The van der Waals surface area contributed by atoms with Crippen LogP contribution in [0.25, 0.3) is 10.9 Å². The number of ether oxygens (including phenoxy) is 3. The number of amides is 1. The molecule has 0 aliphatic heterocycles. The number of nitrogens with zero attached hydrogens (tertiary/aromatic N) is 1. The van der Waals surface area contributed by atoms with Crippen LogP contribution < -0.4 is 24.8 Å². The van der Waals surface area contributed by atoms with Crippen molar-refractivity contribution in [1.82, 2.24) is 4.98 Å². The first-order valence-corrected chi connectivity index (χ1v) is 15.0. The zero-order chi connectivity index (χ0) is 33.1. The third-order valence-corrected chi connectivity index (χ3v) is 7.19. The highest BCUT2D eigenvalue weighted by atomic mass is 16.5. The Kier molecular flexibility index (Phi) is 16.7. The predicted molar refractivity (Wildman–Crippen MR) is 182 cm³/mol. The maximum atomic E-state index is 10.2. The molecule has 0 radical (unpaired) electrons. The molecule has 2 N–H and O–H groups in total. The Morgan fingerprint density at radius 2 is 1.36 bits per heavy atom. The van der Waals surface area contributed by atoms with Crippen LogP contribution in [0.1, 0.15) is 48.5 Å². The lowest BCUT2D eigenvalue weighted by molar-refractivity contribution is -0.109. The minimum atomic E-state index is 0.307. The highest BCUT2D eigenvalue weighted by molar-refractivity contribution is 5.88. The first-order chi connectivity index (χ1) is 21.3. The maximum absolute atomic E-state index is 10.2. The first-order valence-electron chi connectivity index (χ1n) is 15.0. The maximum Gasteiger partial charge on any atom is 0.211 e. The van der Waals surface area contributed by atoms with E-state index in [0.29, 0.717) is 40.9 Å². The summed E-state index contributed by atoms with van der Waals surface area (Å²) in [4.78, 5) is 24.4. The van der Waals surface area contributed by atoms with E-state index in [1.165, 1.54) is 0 Å². The van der Waals surface area contributed by atoms with Crippen LogP contribution in [0.15, 0.2) is 79.0 Å². The summed E-state index contributed by atoms with van der Waals surface area (Å²) < 4.78 is 16.7. The number of benzene rings is 3. The van der Waals surface area contributed by atoms with E-state index in [1.54, 1.807) is 20.4 Å². The van der Waals surface area contributed by atoms with Crippen molar-refractivity contribution in [2.45, 2.75) is 48.5 Å². The van der Waals surface area contributed by atoms with Crippen LogP contribution in [0, 0.1) is 17.3 Å². The molecular formula is C36H49N3O5. The standard InChI is InChI=1S/C18H18N2O3.C7H7NO.C7H12O.2C2H6/c1-19-12-4-6-13(7-5-12)23-16-8-9-20-15-11-18(22-3)17(21-2)10-14(15)16;9-6-8-7-4-2-1-3-5-7;1-5-6(4-8)7(5,2)3;2*1-2/h4-11,19H,1-3H3;1-6H,(H,8,9);4-6H,1-3H3;2*1-2H3. The summed E-state index contributed by atoms with van der Waals surface area (Å²) in [6.07, 6.45) is 3.45. The average molecular weight is 604 g/mol. The number of hydrogen-bond acceptors (Lipinski definition) is 7. The smallest absolute Gasteiger partial charge is 0.211 e. The molecule has 0 bridgehead atoms. The first kappa shape index (κ1) is 37.4. The number of aromatic nitrogens is 1. The number of carbonyl (C=O) groups excluding carboxylic acids is 2. The predicted octanol–water partition coefficient (Wildman–Crippen LogP) is 8.87. The Bertz CT molecular complexity index is 1390. The number of carbonyl (C=O) groups is 2. The molecule has 44 heavy (non-hydrogen) atoms. The van der Waals surface area contributed by atoms with Gasteiger partial charge in [-0.3, -0.25) is 9.78 Å². The molecule has 2 atom stereocenters. The van der Waals surface area contributed by atoms with E-state index >= 15 is 0 Å². The molecule has 8 heteroatoms. The summed E-state index contributed by atoms with van der Waals surface area (Å²) in [6, 6.07) is 22.6. The van der Waals surface area contributed by atoms with Crippen molar-refractivity contribution in [3.05, 3.63) is 79.0 Å². The average Bonchev–Trinajstić information content (AvgIpc) is 3.58. The number of nitrogens with one attached hydrogen (secondary N) is 2. The van der Waals surface area contributed by atoms with Gasteiger partial charge in [-0.25, -0.2) is 0 Å². The van der Waals surface area contributed by atoms with Crippen molar-refractivity contribution in [2.75, 3.05) is 31.9 Å². The van der Waals surface area contributed by atoms with Crippen molar-refractivity contribution in [2.24, 2.45) is 17.3 Å². The molecule has 238 valence electrons. The van der Waals surface area contributed by atoms with Crippen LogP contribution in [0.3, 0.4) is 0 Å². The lowest BCUT2D eigenvalue weighted by atomic mass is 10.1. The lowest BCUT2D eigenvalue weighted by Gasteiger charge is -2.12. The van der Waals surface area contributed by atoms with E-state index in [1.807, 2.05) is 108 Å². The zero-order valence-electron chi connectivity index (χ0n) is 27.8. The van der Waals surface area contributed by atoms with Crippen molar-refractivity contribution in [1.29, 1.82) is 0 Å². The zero-order valence-corrected chi connectivity index (χ0v) is 27.8. The Balaban J connectivity index is 0.000000378. The monoisotopic (exact) mass is 603 g/mol. The van der Waals surface area contributed by atoms with Gasteiger partial charge in [-0.2, -0.15) is 0 Å². The SMILES string of the molecule is CC.CC.CC1C(C=O)C1(C)C.CNc1ccc(Oc2ccnc3cc(OC)c(OC)cc23)cc1.O=CNc1ccccc1. The molecule has 5 rings (SSSR count). The van der Waals surface area contributed by atoms with Crippen molar-refractivity contribution < 1.29 is 23.8 Å². The molecule has 1 saturated carbocycles. The molecule has 4 aromatic rings. The number of hydrogen-bond donors (Lipinski definition) is 2. The summed E-state index contributed by atoms with van der Waals surface area (Å²) in [5.74, 6) is 3.70. The molecule has 1 fully saturated rings. The normalized spacial score (nSPS) is 15.0. The van der Waals surface area contributed by atoms with E-state index < -0.39 is 0 Å². The number of rotatable bonds is 8. The second kappa shape index (κ2) is 19.6. The van der Waals surface area contributed by atoms with Gasteiger partial charge in [-0.15, -0.1) is 0 Å². The van der Waals surface area contributed by atoms with Gasteiger partial charge in [0, 0.05) is 42.0 Å². The number of anilines is 2. The molecule has 8 nitrogen and oxygen atoms in total. The second-order valence-corrected chi connectivity index (χ2v) is 9.81. The molecule has 1 aliphatic carbocycles. The van der Waals surface area contributed by atoms with Crippen molar-refractivity contribution >= 4 is 35.0 Å². The van der Waals surface area contributed by atoms with Gasteiger partial charge < -0.3 is 29.6 Å². The van der Waals surface area contributed by atoms with E-state index in [0.717, 1.165) is 34.3 Å². The van der Waals surface area contributed by atoms with Crippen LogP contribution in [0.4, 0.5) is 11.4 Å². The second-order valence-electron chi connectivity index (χ2n) is 9.81. The Labute approximate surface area is 263 Å². The minimum absolute atomic E-state index is 0.307. The highest BCUT2D eigenvalue weighted by Crippen LogP contribution is 2.56. The fourth-order valence-corrected chi connectivity index (χ4v) is 4.19. The van der Waals surface area contributed by atoms with Crippen LogP contribution in [0.5, 0.6) is 23.0 Å². The van der Waals surface area contributed by atoms with Gasteiger partial charge in [0.1, 0.15) is 17.8 Å². The highest BCUT2D eigenvalue weighted by Gasteiger charge is 2.54. The van der Waals surface area contributed by atoms with Gasteiger partial charge >= 0.3 is 0 Å². The number of methoxy groups -OCH3 is 2. The van der Waals surface area contributed by atoms with Crippen LogP contribution in [-0.2, 0) is 9.59 Å². The summed E-state index contributed by atoms with van der Waals surface area (Å²) in [5, 5.41) is 6.47. The molecule has 0 saturated heterocycles. The fourth-order valence-electron chi connectivity index (χ4n) is 4.19. The van der Waals surface area contributed by atoms with Gasteiger partial charge in [0.15, 0.2) is 11.5 Å². The van der Waals surface area contributed by atoms with Gasteiger partial charge in [0.25, 0.3) is 0 Å². The molecule has 0 spiro atoms. The van der Waals surface area contributed by atoms with Crippen molar-refractivity contribution in [3.63, 3.8) is 0 Å². The summed E-state index contributed by atoms with van der Waals surface area (Å²) in [5.41, 5.74) is 2.95. The van der Waals surface area contributed by atoms with Gasteiger partial charge in [-0.05, 0) is 59.9 Å². The van der Waals surface area contributed by atoms with E-state index in [2.05, 4.69) is 36.4 Å². The van der Waals surface area contributed by atoms with Gasteiger partial charge in [0.05, 0.1) is 19.7 Å². The van der Waals surface area contributed by atoms with Crippen LogP contribution in [-0.4, -0.2) is 38.9 Å². The molecule has 1 heterocycles. The minimum Gasteiger partial charge on any atom is -0.493 e. The number of para-hydroxylation sites is 1. The fraction of sp³-hybridized carbons (Fsp3) is 0.361. The van der Waals surface area contributed by atoms with Gasteiger partial charge in [0.2, 0.25) is 6.41 Å². The number of pyridine rings is 1. The molecule has 2 unspecified atom stereocenters. The lowest BCUT2D eigenvalue weighted by Crippen LogP contribution is -1.93. The summed E-state index contributed by atoms with van der Waals surface area (Å²) >= 11 is 0.